The molecule has 0 spiro atoms. The predicted molar refractivity (Wildman–Crippen MR) is 124 cm³/mol. The molecule has 0 aromatic heterocycles. The van der Waals surface area contributed by atoms with E-state index in [1.54, 1.807) is 30.3 Å². The van der Waals surface area contributed by atoms with Gasteiger partial charge in [0, 0.05) is 0 Å². The molecular formula is C25H27NO3S. The van der Waals surface area contributed by atoms with Crippen LogP contribution in [0.25, 0.3) is 10.8 Å². The zero-order chi connectivity index (χ0) is 21.7. The highest BCUT2D eigenvalue weighted by molar-refractivity contribution is 7.84. The van der Waals surface area contributed by atoms with Gasteiger partial charge in [-0.1, -0.05) is 67.2 Å². The normalized spacial score (nSPS) is 14.6. The monoisotopic (exact) mass is 421 g/mol. The van der Waals surface area contributed by atoms with Crippen molar-refractivity contribution in [1.82, 2.24) is 4.72 Å². The van der Waals surface area contributed by atoms with Gasteiger partial charge in [-0.2, -0.15) is 0 Å². The van der Waals surface area contributed by atoms with Crippen molar-refractivity contribution in [2.24, 2.45) is 0 Å². The second-order valence-electron chi connectivity index (χ2n) is 8.02. The Bertz CT molecular complexity index is 1050. The van der Waals surface area contributed by atoms with Gasteiger partial charge in [-0.05, 0) is 55.3 Å². The first-order valence-electron chi connectivity index (χ1n) is 9.85. The van der Waals surface area contributed by atoms with Crippen LogP contribution < -0.4 is 4.72 Å². The third-order valence-corrected chi connectivity index (χ3v) is 6.34. The van der Waals surface area contributed by atoms with Gasteiger partial charge in [0.1, 0.15) is 6.10 Å². The first kappa shape index (κ1) is 21.9. The Labute approximate surface area is 180 Å². The molecule has 1 N–H and O–H groups in total. The molecule has 0 fully saturated rings. The number of hydrogen-bond donors (Lipinski definition) is 1. The predicted octanol–water partition coefficient (Wildman–Crippen LogP) is 5.34. The molecule has 0 heterocycles. The number of nitrogens with one attached hydrogen (secondary N) is 1. The zero-order valence-electron chi connectivity index (χ0n) is 17.5. The van der Waals surface area contributed by atoms with Gasteiger partial charge in [0.25, 0.3) is 0 Å². The molecule has 0 aliphatic rings. The van der Waals surface area contributed by atoms with Crippen LogP contribution in [0.5, 0.6) is 0 Å². The van der Waals surface area contributed by atoms with E-state index in [4.69, 9.17) is 4.74 Å². The van der Waals surface area contributed by atoms with E-state index in [9.17, 15) is 9.00 Å². The summed E-state index contributed by atoms with van der Waals surface area (Å²) in [6.07, 6.45) is 0.870. The molecule has 3 atom stereocenters. The van der Waals surface area contributed by atoms with Gasteiger partial charge < -0.3 is 4.74 Å². The first-order chi connectivity index (χ1) is 14.3. The molecule has 156 valence electrons. The van der Waals surface area contributed by atoms with Crippen LogP contribution in [0.15, 0.2) is 85.5 Å². The molecule has 5 heteroatoms. The number of esters is 1. The minimum Gasteiger partial charge on any atom is -0.452 e. The molecule has 30 heavy (non-hydrogen) atoms. The van der Waals surface area contributed by atoms with Crippen molar-refractivity contribution in [1.29, 1.82) is 0 Å². The number of rotatable bonds is 7. The zero-order valence-corrected chi connectivity index (χ0v) is 18.3. The minimum atomic E-state index is -1.38. The van der Waals surface area contributed by atoms with E-state index in [1.807, 2.05) is 69.3 Å². The van der Waals surface area contributed by atoms with Crippen molar-refractivity contribution in [3.8, 4) is 0 Å². The maximum Gasteiger partial charge on any atom is 0.338 e. The Hall–Kier alpha value is -2.76. The van der Waals surface area contributed by atoms with Gasteiger partial charge >= 0.3 is 5.97 Å². The molecule has 3 rings (SSSR count). The van der Waals surface area contributed by atoms with Crippen molar-refractivity contribution in [3.05, 3.63) is 96.6 Å². The summed E-state index contributed by atoms with van der Waals surface area (Å²) in [6, 6.07) is 22.2. The molecule has 3 unspecified atom stereocenters. The first-order valence-corrected chi connectivity index (χ1v) is 11.0. The molecule has 3 aromatic rings. The fraction of sp³-hybridized carbons (Fsp3) is 0.240. The lowest BCUT2D eigenvalue weighted by Crippen LogP contribution is -2.41. The third-order valence-electron chi connectivity index (χ3n) is 4.76. The largest absolute Gasteiger partial charge is 0.452 e. The van der Waals surface area contributed by atoms with E-state index in [0.717, 1.165) is 16.3 Å². The molecule has 0 aliphatic carbocycles. The molecule has 3 aromatic carbocycles. The van der Waals surface area contributed by atoms with Crippen LogP contribution in [0, 0.1) is 0 Å². The minimum absolute atomic E-state index is 0.450. The summed E-state index contributed by atoms with van der Waals surface area (Å²) in [5.74, 6) is -0.450. The number of carbonyl (C=O) groups is 1. The van der Waals surface area contributed by atoms with Crippen LogP contribution in [0.4, 0.5) is 0 Å². The summed E-state index contributed by atoms with van der Waals surface area (Å²) < 4.78 is 21.5. The van der Waals surface area contributed by atoms with Crippen LogP contribution >= 0.6 is 0 Å². The number of carbonyl (C=O) groups excluding carboxylic acids is 1. The van der Waals surface area contributed by atoms with E-state index >= 15 is 0 Å². The van der Waals surface area contributed by atoms with Gasteiger partial charge in [-0.25, -0.2) is 13.7 Å². The molecule has 0 radical (unpaired) electrons. The fourth-order valence-corrected chi connectivity index (χ4v) is 3.98. The van der Waals surface area contributed by atoms with Crippen molar-refractivity contribution >= 4 is 27.7 Å². The number of hydrogen-bond acceptors (Lipinski definition) is 3. The number of ether oxygens (including phenoxy) is 1. The second kappa shape index (κ2) is 9.37. The van der Waals surface area contributed by atoms with E-state index in [1.165, 1.54) is 0 Å². The summed E-state index contributed by atoms with van der Waals surface area (Å²) in [6.45, 7) is 9.58. The fourth-order valence-electron chi connectivity index (χ4n) is 3.14. The van der Waals surface area contributed by atoms with E-state index in [0.29, 0.717) is 5.56 Å². The van der Waals surface area contributed by atoms with Crippen molar-refractivity contribution < 1.29 is 13.7 Å². The average Bonchev–Trinajstić information content (AvgIpc) is 2.75. The highest BCUT2D eigenvalue weighted by Crippen LogP contribution is 2.30. The van der Waals surface area contributed by atoms with Crippen LogP contribution in [-0.4, -0.2) is 21.0 Å². The molecule has 0 saturated heterocycles. The third kappa shape index (κ3) is 5.04. The van der Waals surface area contributed by atoms with Crippen LogP contribution in [0.3, 0.4) is 0 Å². The van der Waals surface area contributed by atoms with Crippen LogP contribution in [-0.2, 0) is 15.7 Å². The molecule has 0 amide bonds. The van der Waals surface area contributed by atoms with E-state index in [-0.39, 0.29) is 0 Å². The summed E-state index contributed by atoms with van der Waals surface area (Å²) >= 11 is 0. The lowest BCUT2D eigenvalue weighted by molar-refractivity contribution is 0.0337. The highest BCUT2D eigenvalue weighted by Gasteiger charge is 2.31. The molecular weight excluding hydrogens is 394 g/mol. The molecule has 4 nitrogen and oxygen atoms in total. The second-order valence-corrected chi connectivity index (χ2v) is 10.0. The quantitative estimate of drug-likeness (QED) is 0.414. The summed E-state index contributed by atoms with van der Waals surface area (Å²) in [4.78, 5) is 12.7. The average molecular weight is 422 g/mol. The van der Waals surface area contributed by atoms with Crippen molar-refractivity contribution in [3.63, 3.8) is 0 Å². The molecule has 0 bridgehead atoms. The van der Waals surface area contributed by atoms with Gasteiger partial charge in [-0.15, -0.1) is 0 Å². The van der Waals surface area contributed by atoms with E-state index < -0.39 is 33.8 Å². The standard InChI is InChI=1S/C25H27NO3S/c1-5-22(29-24(27)19-13-7-6-8-14-19)23(26-30(28)25(2,3)4)21-17-11-15-18-12-9-10-16-20(18)21/h5-17,22-23,26H,1H2,2-4H3. The summed E-state index contributed by atoms with van der Waals surface area (Å²) in [5.41, 5.74) is 1.36. The lowest BCUT2D eigenvalue weighted by Gasteiger charge is -2.29. The number of benzene rings is 3. The Kier molecular flexibility index (Phi) is 6.85. The lowest BCUT2D eigenvalue weighted by atomic mass is 9.95. The van der Waals surface area contributed by atoms with Crippen LogP contribution in [0.2, 0.25) is 0 Å². The maximum atomic E-state index is 13.0. The summed E-state index contributed by atoms with van der Waals surface area (Å²) in [7, 11) is -1.38. The number of fused-ring (bicyclic) bond motifs is 1. The Morgan fingerprint density at radius 2 is 1.63 bits per heavy atom. The topological polar surface area (TPSA) is 55.4 Å². The van der Waals surface area contributed by atoms with Gasteiger partial charge in [0.2, 0.25) is 0 Å². The smallest absolute Gasteiger partial charge is 0.338 e. The van der Waals surface area contributed by atoms with Gasteiger partial charge in [-0.3, -0.25) is 0 Å². The molecule has 0 aliphatic heterocycles. The van der Waals surface area contributed by atoms with Crippen molar-refractivity contribution in [2.45, 2.75) is 37.7 Å². The highest BCUT2D eigenvalue weighted by atomic mass is 32.2. The SMILES string of the molecule is C=CC(OC(=O)c1ccccc1)C(NS(=O)C(C)(C)C)c1cccc2ccccc12. The Morgan fingerprint density at radius 1 is 1.00 bits per heavy atom. The van der Waals surface area contributed by atoms with Gasteiger partial charge in [0.05, 0.1) is 27.3 Å². The maximum absolute atomic E-state index is 13.0. The van der Waals surface area contributed by atoms with Crippen LogP contribution in [0.1, 0.15) is 42.7 Å². The van der Waals surface area contributed by atoms with Gasteiger partial charge in [0.15, 0.2) is 0 Å². The Balaban J connectivity index is 2.02. The van der Waals surface area contributed by atoms with E-state index in [2.05, 4.69) is 11.3 Å². The Morgan fingerprint density at radius 3 is 2.30 bits per heavy atom. The summed E-state index contributed by atoms with van der Waals surface area (Å²) in [5, 5.41) is 2.06. The van der Waals surface area contributed by atoms with Crippen molar-refractivity contribution in [2.75, 3.05) is 0 Å². The molecule has 0 saturated carbocycles.